The van der Waals surface area contributed by atoms with Crippen molar-refractivity contribution in [2.75, 3.05) is 0 Å². The first-order valence-electron chi connectivity index (χ1n) is 18.9. The predicted molar refractivity (Wildman–Crippen MR) is 195 cm³/mol. The van der Waals surface area contributed by atoms with Gasteiger partial charge in [0.1, 0.15) is 11.5 Å². The summed E-state index contributed by atoms with van der Waals surface area (Å²) < 4.78 is 0. The van der Waals surface area contributed by atoms with E-state index in [0.29, 0.717) is 11.5 Å². The van der Waals surface area contributed by atoms with Gasteiger partial charge in [-0.2, -0.15) is 0 Å². The van der Waals surface area contributed by atoms with Crippen LogP contribution in [0.3, 0.4) is 0 Å². The number of unbranched alkanes of at least 4 members (excludes halogenated alkanes) is 21. The molecule has 2 aromatic rings. The standard InChI is InChI=1S/C21H36O.C21H34O/c2*1-2-3-4-5-6-7-8-9-10-11-12-13-14-16-20-17-15-18-21(22)19-20/h15,17-19,22H,2-14,16H2,1H3;7-8,15,17-19,22H,2-6,9-14,16H2,1H3/b;8-7-. The highest BCUT2D eigenvalue weighted by Crippen LogP contribution is 2.17. The Bertz CT molecular complexity index is 902. The number of hydrogen-bond acceptors (Lipinski definition) is 2. The van der Waals surface area contributed by atoms with Gasteiger partial charge in [0.25, 0.3) is 0 Å². The minimum atomic E-state index is 0.388. The first-order chi connectivity index (χ1) is 21.7. The Labute approximate surface area is 273 Å². The summed E-state index contributed by atoms with van der Waals surface area (Å²) in [6.07, 6.45) is 39.7. The zero-order valence-electron chi connectivity index (χ0n) is 29.1. The first-order valence-corrected chi connectivity index (χ1v) is 18.9. The lowest BCUT2D eigenvalue weighted by Crippen LogP contribution is -1.86. The number of hydrogen-bond donors (Lipinski definition) is 2. The van der Waals surface area contributed by atoms with Crippen molar-refractivity contribution in [3.8, 4) is 11.5 Å². The number of benzene rings is 2. The van der Waals surface area contributed by atoms with E-state index < -0.39 is 0 Å². The van der Waals surface area contributed by atoms with Crippen molar-refractivity contribution in [2.45, 2.75) is 181 Å². The molecule has 0 aliphatic heterocycles. The fourth-order valence-corrected chi connectivity index (χ4v) is 5.82. The lowest BCUT2D eigenvalue weighted by molar-refractivity contribution is 0.473. The summed E-state index contributed by atoms with van der Waals surface area (Å²) >= 11 is 0. The maximum absolute atomic E-state index is 9.42. The molecule has 0 fully saturated rings. The Balaban J connectivity index is 0.000000440. The molecule has 0 unspecified atom stereocenters. The Morgan fingerprint density at radius 1 is 0.409 bits per heavy atom. The Kier molecular flexibility index (Phi) is 27.9. The van der Waals surface area contributed by atoms with Crippen LogP contribution in [0.1, 0.15) is 179 Å². The van der Waals surface area contributed by atoms with Crippen molar-refractivity contribution in [1.82, 2.24) is 0 Å². The molecule has 2 aromatic carbocycles. The van der Waals surface area contributed by atoms with E-state index in [9.17, 15) is 10.2 Å². The fraction of sp³-hybridized carbons (Fsp3) is 0.667. The maximum atomic E-state index is 9.42. The normalized spacial score (nSPS) is 11.1. The number of allylic oxidation sites excluding steroid dienone is 2. The molecule has 2 heteroatoms. The van der Waals surface area contributed by atoms with Gasteiger partial charge in [-0.1, -0.05) is 166 Å². The third-order valence-corrected chi connectivity index (χ3v) is 8.62. The third-order valence-electron chi connectivity index (χ3n) is 8.62. The van der Waals surface area contributed by atoms with Crippen LogP contribution in [0, 0.1) is 0 Å². The third kappa shape index (κ3) is 26.2. The maximum Gasteiger partial charge on any atom is 0.115 e. The van der Waals surface area contributed by atoms with E-state index in [4.69, 9.17) is 0 Å². The molecule has 2 N–H and O–H groups in total. The lowest BCUT2D eigenvalue weighted by atomic mass is 10.0. The van der Waals surface area contributed by atoms with Gasteiger partial charge in [-0.25, -0.2) is 0 Å². The Hall–Kier alpha value is -2.22. The number of phenolic OH excluding ortho intramolecular Hbond substituents is 2. The minimum absolute atomic E-state index is 0.388. The molecule has 2 nitrogen and oxygen atoms in total. The van der Waals surface area contributed by atoms with Crippen LogP contribution >= 0.6 is 0 Å². The van der Waals surface area contributed by atoms with Crippen LogP contribution in [0.5, 0.6) is 11.5 Å². The van der Waals surface area contributed by atoms with Gasteiger partial charge >= 0.3 is 0 Å². The van der Waals surface area contributed by atoms with E-state index in [0.717, 1.165) is 12.8 Å². The average molecular weight is 607 g/mol. The van der Waals surface area contributed by atoms with E-state index >= 15 is 0 Å². The number of aromatic hydroxyl groups is 2. The monoisotopic (exact) mass is 607 g/mol. The molecular weight excluding hydrogens is 536 g/mol. The zero-order chi connectivity index (χ0) is 31.8. The summed E-state index contributed by atoms with van der Waals surface area (Å²) in [5, 5.41) is 18.8. The first kappa shape index (κ1) is 39.8. The van der Waals surface area contributed by atoms with Crippen molar-refractivity contribution >= 4 is 0 Å². The van der Waals surface area contributed by atoms with Crippen molar-refractivity contribution in [3.63, 3.8) is 0 Å². The molecule has 0 amide bonds. The van der Waals surface area contributed by atoms with Crippen molar-refractivity contribution in [3.05, 3.63) is 71.8 Å². The molecule has 0 aliphatic rings. The van der Waals surface area contributed by atoms with Gasteiger partial charge in [0.15, 0.2) is 0 Å². The summed E-state index contributed by atoms with van der Waals surface area (Å²) in [7, 11) is 0. The van der Waals surface area contributed by atoms with E-state index in [-0.39, 0.29) is 0 Å². The van der Waals surface area contributed by atoms with Crippen LogP contribution < -0.4 is 0 Å². The highest BCUT2D eigenvalue weighted by Gasteiger charge is 1.98. The van der Waals surface area contributed by atoms with Crippen LogP contribution in [0.25, 0.3) is 0 Å². The Morgan fingerprint density at radius 2 is 0.727 bits per heavy atom. The van der Waals surface area contributed by atoms with Crippen LogP contribution in [0.4, 0.5) is 0 Å². The average Bonchev–Trinajstić information content (AvgIpc) is 3.02. The predicted octanol–water partition coefficient (Wildman–Crippen LogP) is 13.8. The minimum Gasteiger partial charge on any atom is -0.508 e. The molecule has 0 aromatic heterocycles. The van der Waals surface area contributed by atoms with Gasteiger partial charge in [0.05, 0.1) is 0 Å². The van der Waals surface area contributed by atoms with Gasteiger partial charge in [-0.05, 0) is 86.8 Å². The molecule has 44 heavy (non-hydrogen) atoms. The molecule has 250 valence electrons. The second-order valence-electron chi connectivity index (χ2n) is 13.0. The molecule has 0 saturated heterocycles. The topological polar surface area (TPSA) is 40.5 Å². The molecule has 0 bridgehead atoms. The number of rotatable bonds is 27. The van der Waals surface area contributed by atoms with Crippen LogP contribution in [-0.2, 0) is 12.8 Å². The second-order valence-corrected chi connectivity index (χ2v) is 13.0. The number of phenols is 2. The van der Waals surface area contributed by atoms with Gasteiger partial charge < -0.3 is 10.2 Å². The molecule has 0 saturated carbocycles. The molecule has 0 heterocycles. The van der Waals surface area contributed by atoms with Crippen LogP contribution in [0.2, 0.25) is 0 Å². The van der Waals surface area contributed by atoms with E-state index in [2.05, 4.69) is 38.1 Å². The summed E-state index contributed by atoms with van der Waals surface area (Å²) in [6.45, 7) is 4.54. The summed E-state index contributed by atoms with van der Waals surface area (Å²) in [6, 6.07) is 15.3. The number of aryl methyl sites for hydroxylation is 2. The van der Waals surface area contributed by atoms with Crippen LogP contribution in [-0.4, -0.2) is 10.2 Å². The molecular formula is C42H70O2. The van der Waals surface area contributed by atoms with Gasteiger partial charge in [-0.15, -0.1) is 0 Å². The largest absolute Gasteiger partial charge is 0.508 e. The highest BCUT2D eigenvalue weighted by atomic mass is 16.3. The van der Waals surface area contributed by atoms with E-state index in [1.807, 2.05) is 24.3 Å². The summed E-state index contributed by atoms with van der Waals surface area (Å²) in [5.41, 5.74) is 2.52. The van der Waals surface area contributed by atoms with E-state index in [1.54, 1.807) is 12.1 Å². The van der Waals surface area contributed by atoms with Gasteiger partial charge in [0.2, 0.25) is 0 Å². The van der Waals surface area contributed by atoms with Crippen molar-refractivity contribution in [1.29, 1.82) is 0 Å². The quantitative estimate of drug-likeness (QED) is 0.0784. The molecule has 0 atom stereocenters. The smallest absolute Gasteiger partial charge is 0.115 e. The Morgan fingerprint density at radius 3 is 1.09 bits per heavy atom. The summed E-state index contributed by atoms with van der Waals surface area (Å²) in [5.74, 6) is 0.783. The SMILES string of the molecule is CCCCCC/C=C\CCCCCCCc1cccc(O)c1.CCCCCCCCCCCCCCCc1cccc(O)c1. The van der Waals surface area contributed by atoms with E-state index in [1.165, 1.54) is 165 Å². The lowest BCUT2D eigenvalue weighted by Gasteiger charge is -2.04. The highest BCUT2D eigenvalue weighted by molar-refractivity contribution is 5.27. The second kappa shape index (κ2) is 30.8. The summed E-state index contributed by atoms with van der Waals surface area (Å²) in [4.78, 5) is 0. The van der Waals surface area contributed by atoms with Gasteiger partial charge in [0, 0.05) is 0 Å². The molecule has 0 aliphatic carbocycles. The van der Waals surface area contributed by atoms with Crippen LogP contribution in [0.15, 0.2) is 60.7 Å². The zero-order valence-corrected chi connectivity index (χ0v) is 29.1. The molecule has 2 rings (SSSR count). The van der Waals surface area contributed by atoms with Crippen molar-refractivity contribution in [2.24, 2.45) is 0 Å². The fourth-order valence-electron chi connectivity index (χ4n) is 5.82. The molecule has 0 spiro atoms. The van der Waals surface area contributed by atoms with Gasteiger partial charge in [-0.3, -0.25) is 0 Å². The van der Waals surface area contributed by atoms with Crippen molar-refractivity contribution < 1.29 is 10.2 Å². The molecule has 0 radical (unpaired) electrons.